The molecule has 110 valence electrons. The van der Waals surface area contributed by atoms with E-state index in [0.29, 0.717) is 10.7 Å². The van der Waals surface area contributed by atoms with Crippen LogP contribution in [0.2, 0.25) is 5.02 Å². The Morgan fingerprint density at radius 1 is 1.23 bits per heavy atom. The van der Waals surface area contributed by atoms with Gasteiger partial charge in [0.15, 0.2) is 0 Å². The first-order valence-electron chi connectivity index (χ1n) is 6.74. The summed E-state index contributed by atoms with van der Waals surface area (Å²) in [6.45, 7) is 0.144. The van der Waals surface area contributed by atoms with Gasteiger partial charge in [-0.2, -0.15) is 0 Å². The van der Waals surface area contributed by atoms with Gasteiger partial charge in [-0.05, 0) is 35.9 Å². The minimum Gasteiger partial charge on any atom is -0.456 e. The van der Waals surface area contributed by atoms with E-state index >= 15 is 0 Å². The van der Waals surface area contributed by atoms with Gasteiger partial charge in [-0.3, -0.25) is 0 Å². The molecule has 0 unspecified atom stereocenters. The molecule has 0 bridgehead atoms. The molecule has 5 heteroatoms. The quantitative estimate of drug-likeness (QED) is 0.544. The monoisotopic (exact) mass is 312 g/mol. The van der Waals surface area contributed by atoms with Crippen molar-refractivity contribution in [3.05, 3.63) is 77.2 Å². The lowest BCUT2D eigenvalue weighted by Gasteiger charge is -1.98. The molecule has 0 aliphatic heterocycles. The van der Waals surface area contributed by atoms with Crippen molar-refractivity contribution in [3.8, 4) is 0 Å². The van der Waals surface area contributed by atoms with E-state index in [2.05, 4.69) is 4.98 Å². The summed E-state index contributed by atoms with van der Waals surface area (Å²) in [5.74, 6) is -0.410. The second kappa shape index (κ2) is 6.45. The van der Waals surface area contributed by atoms with Crippen LogP contribution in [0.1, 0.15) is 11.3 Å². The zero-order valence-corrected chi connectivity index (χ0v) is 12.4. The van der Waals surface area contributed by atoms with Crippen molar-refractivity contribution in [1.82, 2.24) is 9.38 Å². The number of nitrogens with zero attached hydrogens (tertiary/aromatic N) is 2. The van der Waals surface area contributed by atoms with E-state index < -0.39 is 5.97 Å². The predicted molar refractivity (Wildman–Crippen MR) is 85.5 cm³/mol. The standard InChI is InChI=1S/C17H13ClN2O2/c18-14-7-4-13(5-8-14)6-9-17(21)22-12-15-11-20-10-2-1-3-16(20)19-15/h1-11H,12H2. The third kappa shape index (κ3) is 3.54. The van der Waals surface area contributed by atoms with Gasteiger partial charge in [0.05, 0.1) is 5.69 Å². The Bertz CT molecular complexity index is 789. The maximum Gasteiger partial charge on any atom is 0.331 e. The summed E-state index contributed by atoms with van der Waals surface area (Å²) in [6, 6.07) is 12.9. The van der Waals surface area contributed by atoms with E-state index in [4.69, 9.17) is 16.3 Å². The first-order valence-corrected chi connectivity index (χ1v) is 7.11. The predicted octanol–water partition coefficient (Wildman–Crippen LogP) is 3.74. The molecule has 3 rings (SSSR count). The molecule has 22 heavy (non-hydrogen) atoms. The minimum absolute atomic E-state index is 0.144. The molecular weight excluding hydrogens is 300 g/mol. The molecule has 2 heterocycles. The van der Waals surface area contributed by atoms with Gasteiger partial charge >= 0.3 is 5.97 Å². The third-order valence-electron chi connectivity index (χ3n) is 3.06. The van der Waals surface area contributed by atoms with Gasteiger partial charge in [0.25, 0.3) is 0 Å². The Labute approximate surface area is 132 Å². The summed E-state index contributed by atoms with van der Waals surface area (Å²) in [5.41, 5.74) is 2.42. The van der Waals surface area contributed by atoms with E-state index in [1.807, 2.05) is 47.1 Å². The average molecular weight is 313 g/mol. The maximum atomic E-state index is 11.7. The number of esters is 1. The average Bonchev–Trinajstić information content (AvgIpc) is 2.95. The van der Waals surface area contributed by atoms with Gasteiger partial charge in [-0.1, -0.05) is 29.8 Å². The highest BCUT2D eigenvalue weighted by Crippen LogP contribution is 2.11. The Morgan fingerprint density at radius 2 is 2.05 bits per heavy atom. The van der Waals surface area contributed by atoms with Gasteiger partial charge in [-0.15, -0.1) is 0 Å². The zero-order valence-electron chi connectivity index (χ0n) is 11.6. The summed E-state index contributed by atoms with van der Waals surface area (Å²) in [5, 5.41) is 0.659. The Balaban J connectivity index is 1.58. The van der Waals surface area contributed by atoms with Crippen LogP contribution in [0.15, 0.2) is 60.9 Å². The highest BCUT2D eigenvalue weighted by molar-refractivity contribution is 6.30. The number of rotatable bonds is 4. The largest absolute Gasteiger partial charge is 0.456 e. The second-order valence-corrected chi connectivity index (χ2v) is 5.13. The molecule has 0 spiro atoms. The number of hydrogen-bond donors (Lipinski definition) is 0. The Morgan fingerprint density at radius 3 is 2.82 bits per heavy atom. The van der Waals surface area contributed by atoms with Gasteiger partial charge in [-0.25, -0.2) is 9.78 Å². The van der Waals surface area contributed by atoms with Crippen molar-refractivity contribution < 1.29 is 9.53 Å². The molecule has 0 aliphatic rings. The van der Waals surface area contributed by atoms with E-state index in [1.54, 1.807) is 18.2 Å². The number of carbonyl (C=O) groups is 1. The second-order valence-electron chi connectivity index (χ2n) is 4.69. The third-order valence-corrected chi connectivity index (χ3v) is 3.31. The van der Waals surface area contributed by atoms with Gasteiger partial charge < -0.3 is 9.14 Å². The maximum absolute atomic E-state index is 11.7. The molecule has 0 radical (unpaired) electrons. The number of fused-ring (bicyclic) bond motifs is 1. The molecule has 0 aliphatic carbocycles. The molecule has 3 aromatic rings. The fraction of sp³-hybridized carbons (Fsp3) is 0.0588. The van der Waals surface area contributed by atoms with E-state index in [9.17, 15) is 4.79 Å². The number of ether oxygens (including phenoxy) is 1. The summed E-state index contributed by atoms with van der Waals surface area (Å²) < 4.78 is 7.06. The summed E-state index contributed by atoms with van der Waals surface area (Å²) in [6.07, 6.45) is 6.81. The Kier molecular flexibility index (Phi) is 4.21. The fourth-order valence-corrected chi connectivity index (χ4v) is 2.11. The van der Waals surface area contributed by atoms with Crippen LogP contribution in [-0.4, -0.2) is 15.4 Å². The minimum atomic E-state index is -0.410. The van der Waals surface area contributed by atoms with Crippen molar-refractivity contribution in [2.75, 3.05) is 0 Å². The van der Waals surface area contributed by atoms with Gasteiger partial charge in [0, 0.05) is 23.5 Å². The van der Waals surface area contributed by atoms with Crippen LogP contribution in [0.25, 0.3) is 11.7 Å². The van der Waals surface area contributed by atoms with Crippen LogP contribution in [0.3, 0.4) is 0 Å². The first kappa shape index (κ1) is 14.4. The van der Waals surface area contributed by atoms with Crippen molar-refractivity contribution in [3.63, 3.8) is 0 Å². The van der Waals surface area contributed by atoms with Crippen molar-refractivity contribution in [2.45, 2.75) is 6.61 Å². The van der Waals surface area contributed by atoms with E-state index in [1.165, 1.54) is 6.08 Å². The van der Waals surface area contributed by atoms with Gasteiger partial charge in [0.1, 0.15) is 12.3 Å². The van der Waals surface area contributed by atoms with Crippen molar-refractivity contribution in [2.24, 2.45) is 0 Å². The number of carbonyl (C=O) groups excluding carboxylic acids is 1. The number of aromatic nitrogens is 2. The normalized spacial score (nSPS) is 11.1. The molecule has 0 saturated carbocycles. The van der Waals surface area contributed by atoms with E-state index in [0.717, 1.165) is 11.2 Å². The smallest absolute Gasteiger partial charge is 0.331 e. The SMILES string of the molecule is O=C(C=Cc1ccc(Cl)cc1)OCc1cn2ccccc2n1. The summed E-state index contributed by atoms with van der Waals surface area (Å²) >= 11 is 5.80. The lowest BCUT2D eigenvalue weighted by molar-refractivity contribution is -0.139. The molecule has 0 atom stereocenters. The van der Waals surface area contributed by atoms with Crippen LogP contribution in [0, 0.1) is 0 Å². The van der Waals surface area contributed by atoms with Crippen molar-refractivity contribution >= 4 is 29.3 Å². The van der Waals surface area contributed by atoms with E-state index in [-0.39, 0.29) is 6.61 Å². The fourth-order valence-electron chi connectivity index (χ4n) is 1.99. The van der Waals surface area contributed by atoms with Crippen LogP contribution in [0.5, 0.6) is 0 Å². The topological polar surface area (TPSA) is 43.6 Å². The van der Waals surface area contributed by atoms with Crippen LogP contribution in [0.4, 0.5) is 0 Å². The number of pyridine rings is 1. The zero-order chi connectivity index (χ0) is 15.4. The molecule has 0 saturated heterocycles. The molecule has 0 N–H and O–H groups in total. The lowest BCUT2D eigenvalue weighted by Crippen LogP contribution is -2.00. The summed E-state index contributed by atoms with van der Waals surface area (Å²) in [4.78, 5) is 16.1. The number of imidazole rings is 1. The molecule has 1 aromatic carbocycles. The summed E-state index contributed by atoms with van der Waals surface area (Å²) in [7, 11) is 0. The highest BCUT2D eigenvalue weighted by Gasteiger charge is 2.03. The first-order chi connectivity index (χ1) is 10.7. The number of halogens is 1. The number of benzene rings is 1. The molecule has 2 aromatic heterocycles. The lowest BCUT2D eigenvalue weighted by atomic mass is 10.2. The Hall–Kier alpha value is -2.59. The molecule has 0 fully saturated rings. The highest BCUT2D eigenvalue weighted by atomic mass is 35.5. The molecular formula is C17H13ClN2O2. The van der Waals surface area contributed by atoms with Crippen LogP contribution >= 0.6 is 11.6 Å². The number of hydrogen-bond acceptors (Lipinski definition) is 3. The van der Waals surface area contributed by atoms with Gasteiger partial charge in [0.2, 0.25) is 0 Å². The van der Waals surface area contributed by atoms with Crippen LogP contribution in [-0.2, 0) is 16.1 Å². The van der Waals surface area contributed by atoms with Crippen LogP contribution < -0.4 is 0 Å². The van der Waals surface area contributed by atoms with Crippen molar-refractivity contribution in [1.29, 1.82) is 0 Å². The molecule has 0 amide bonds. The molecule has 4 nitrogen and oxygen atoms in total.